The second kappa shape index (κ2) is 6.55. The molecule has 1 aromatic rings. The molecule has 2 nitrogen and oxygen atoms in total. The molecule has 0 aliphatic rings. The van der Waals surface area contributed by atoms with Crippen LogP contribution in [0.3, 0.4) is 0 Å². The van der Waals surface area contributed by atoms with Crippen LogP contribution in [0.25, 0.3) is 0 Å². The van der Waals surface area contributed by atoms with Crippen LogP contribution in [0.15, 0.2) is 18.2 Å². The summed E-state index contributed by atoms with van der Waals surface area (Å²) < 4.78 is 11.8. The average Bonchev–Trinajstić information content (AvgIpc) is 2.20. The summed E-state index contributed by atoms with van der Waals surface area (Å²) in [4.78, 5) is 4.60. The number of methoxy groups -OCH3 is 1. The summed E-state index contributed by atoms with van der Waals surface area (Å²) in [5.41, 5.74) is 0. The van der Waals surface area contributed by atoms with E-state index in [-0.39, 0.29) is 0 Å². The molecular weight excluding hydrogens is 326 g/mol. The van der Waals surface area contributed by atoms with Crippen molar-refractivity contribution in [3.05, 3.63) is 26.8 Å². The first-order chi connectivity index (χ1) is 7.15. The summed E-state index contributed by atoms with van der Waals surface area (Å²) >= 11 is 5.08. The molecule has 15 heavy (non-hydrogen) atoms. The molecule has 0 aliphatic heterocycles. The topological polar surface area (TPSA) is 18.5 Å². The molecule has 0 radical (unpaired) electrons. The maximum absolute atomic E-state index is 6.03. The van der Waals surface area contributed by atoms with Crippen molar-refractivity contribution in [1.29, 1.82) is 0 Å². The van der Waals surface area contributed by atoms with Crippen molar-refractivity contribution in [2.45, 2.75) is 0 Å². The molecule has 1 aromatic carbocycles. The summed E-state index contributed by atoms with van der Waals surface area (Å²) in [7, 11) is 1.66. The zero-order valence-electron chi connectivity index (χ0n) is 9.22. The van der Waals surface area contributed by atoms with Crippen molar-refractivity contribution in [1.82, 2.24) is 0 Å². The van der Waals surface area contributed by atoms with E-state index in [0.29, 0.717) is 18.2 Å². The van der Waals surface area contributed by atoms with Gasteiger partial charge in [-0.3, -0.25) is 0 Å². The van der Waals surface area contributed by atoms with Crippen LogP contribution in [0, 0.1) is 3.57 Å². The van der Waals surface area contributed by atoms with E-state index in [1.807, 2.05) is 6.07 Å². The van der Waals surface area contributed by atoms with Gasteiger partial charge in [0, 0.05) is 0 Å². The quantitative estimate of drug-likeness (QED) is 0.464. The van der Waals surface area contributed by atoms with Crippen LogP contribution in [0.5, 0.6) is 5.75 Å². The molecule has 0 bridgehead atoms. The Labute approximate surface area is 103 Å². The van der Waals surface area contributed by atoms with Crippen LogP contribution in [-0.4, -0.2) is 30.2 Å². The van der Waals surface area contributed by atoms with Gasteiger partial charge in [-0.2, -0.15) is 0 Å². The molecule has 0 unspecified atom stereocenters. The van der Waals surface area contributed by atoms with Gasteiger partial charge in [0.05, 0.1) is 0 Å². The Hall–Kier alpha value is -0.0000000000000000555. The first-order valence-corrected chi connectivity index (χ1v) is 10.3. The third kappa shape index (κ3) is 4.17. The van der Waals surface area contributed by atoms with E-state index in [1.165, 1.54) is 3.57 Å². The summed E-state index contributed by atoms with van der Waals surface area (Å²) in [6, 6.07) is 6.07. The van der Waals surface area contributed by atoms with Crippen LogP contribution in [0.1, 0.15) is 0 Å². The van der Waals surface area contributed by atoms with Gasteiger partial charge in [-0.25, -0.2) is 0 Å². The van der Waals surface area contributed by atoms with Gasteiger partial charge in [-0.05, 0) is 0 Å². The second-order valence-electron chi connectivity index (χ2n) is 3.17. The zero-order valence-corrected chi connectivity index (χ0v) is 12.1. The molecule has 0 N–H and O–H groups in total. The molecule has 0 saturated carbocycles. The Morgan fingerprint density at radius 1 is 1.27 bits per heavy atom. The third-order valence-electron chi connectivity index (χ3n) is 1.87. The molecule has 0 amide bonds. The molecule has 86 valence electrons. The second-order valence-corrected chi connectivity index (χ2v) is 9.14. The molecule has 1 rings (SSSR count). The number of rotatable bonds is 5. The summed E-state index contributed by atoms with van der Waals surface area (Å²) in [6.45, 7) is 1.13. The van der Waals surface area contributed by atoms with Crippen molar-refractivity contribution >= 4 is 31.4 Å². The van der Waals surface area contributed by atoms with Crippen molar-refractivity contribution in [2.24, 2.45) is 0 Å². The summed E-state index contributed by atoms with van der Waals surface area (Å²) in [5, 5.41) is 0.674. The van der Waals surface area contributed by atoms with E-state index < -0.39 is 19.8 Å². The molecule has 0 saturated heterocycles. The van der Waals surface area contributed by atoms with E-state index >= 15 is 0 Å². The van der Waals surface area contributed by atoms with Gasteiger partial charge in [-0.1, -0.05) is 0 Å². The minimum atomic E-state index is -0.951. The van der Waals surface area contributed by atoms with Gasteiger partial charge in [0.25, 0.3) is 0 Å². The number of halogens is 2. The standard InChI is InChI=1S/C11H16ClIO2/c1-13(2)9-4-5-10(12)11(8-9)15-7-6-14-3/h4-5,8H,6-7H2,1-3H3. The third-order valence-corrected chi connectivity index (χ3v) is 5.35. The Morgan fingerprint density at radius 3 is 2.60 bits per heavy atom. The molecule has 0 spiro atoms. The van der Waals surface area contributed by atoms with Gasteiger partial charge in [0.1, 0.15) is 0 Å². The molecule has 0 atom stereocenters. The molecule has 0 heterocycles. The molecular formula is C11H16ClIO2. The van der Waals surface area contributed by atoms with Crippen LogP contribution < -0.4 is 4.74 Å². The monoisotopic (exact) mass is 342 g/mol. The molecule has 0 aliphatic carbocycles. The summed E-state index contributed by atoms with van der Waals surface area (Å²) in [5.74, 6) is 0.775. The fraction of sp³-hybridized carbons (Fsp3) is 0.455. The number of hydrogen-bond acceptors (Lipinski definition) is 2. The normalized spacial score (nSPS) is 11.3. The van der Waals surface area contributed by atoms with Gasteiger partial charge < -0.3 is 0 Å². The maximum atomic E-state index is 6.03. The summed E-state index contributed by atoms with van der Waals surface area (Å²) in [6.07, 6.45) is 0. The van der Waals surface area contributed by atoms with Crippen molar-refractivity contribution < 1.29 is 9.47 Å². The van der Waals surface area contributed by atoms with Crippen LogP contribution in [0.4, 0.5) is 0 Å². The van der Waals surface area contributed by atoms with Gasteiger partial charge in [0.15, 0.2) is 0 Å². The molecule has 0 fully saturated rings. The predicted octanol–water partition coefficient (Wildman–Crippen LogP) is 3.30. The fourth-order valence-corrected chi connectivity index (χ4v) is 3.03. The first-order valence-electron chi connectivity index (χ1n) is 4.56. The first kappa shape index (κ1) is 13.1. The molecule has 4 heteroatoms. The van der Waals surface area contributed by atoms with Gasteiger partial charge >= 0.3 is 104 Å². The number of benzene rings is 1. The van der Waals surface area contributed by atoms with Crippen molar-refractivity contribution in [2.75, 3.05) is 30.2 Å². The minimum absolute atomic E-state index is 0.543. The van der Waals surface area contributed by atoms with Crippen molar-refractivity contribution in [3.8, 4) is 5.75 Å². The Kier molecular flexibility index (Phi) is 5.71. The Bertz CT molecular complexity index is 315. The van der Waals surface area contributed by atoms with E-state index in [1.54, 1.807) is 7.11 Å². The molecule has 0 aromatic heterocycles. The van der Waals surface area contributed by atoms with E-state index in [4.69, 9.17) is 21.1 Å². The number of ether oxygens (including phenoxy) is 2. The Morgan fingerprint density at radius 2 is 2.00 bits per heavy atom. The van der Waals surface area contributed by atoms with Crippen LogP contribution >= 0.6 is 31.4 Å². The van der Waals surface area contributed by atoms with Gasteiger partial charge in [0.2, 0.25) is 0 Å². The van der Waals surface area contributed by atoms with Crippen molar-refractivity contribution in [3.63, 3.8) is 0 Å². The van der Waals surface area contributed by atoms with E-state index in [9.17, 15) is 0 Å². The average molecular weight is 343 g/mol. The van der Waals surface area contributed by atoms with E-state index in [2.05, 4.69) is 22.0 Å². The van der Waals surface area contributed by atoms with Gasteiger partial charge in [-0.15, -0.1) is 0 Å². The SMILES string of the molecule is COCCOc1cc(I(C)C)ccc1Cl. The Balaban J connectivity index is 2.72. The predicted molar refractivity (Wildman–Crippen MR) is 73.4 cm³/mol. The fourth-order valence-electron chi connectivity index (χ4n) is 1.06. The van der Waals surface area contributed by atoms with Crippen LogP contribution in [-0.2, 0) is 4.74 Å². The number of hydrogen-bond donors (Lipinski definition) is 0. The number of alkyl halides is 2. The zero-order chi connectivity index (χ0) is 11.3. The van der Waals surface area contributed by atoms with E-state index in [0.717, 1.165) is 5.75 Å². The van der Waals surface area contributed by atoms with Crippen LogP contribution in [0.2, 0.25) is 5.02 Å².